The lowest BCUT2D eigenvalue weighted by Crippen LogP contribution is -2.31. The van der Waals surface area contributed by atoms with Gasteiger partial charge in [0.25, 0.3) is 0 Å². The second kappa shape index (κ2) is 7.39. The van der Waals surface area contributed by atoms with Gasteiger partial charge in [-0.3, -0.25) is 19.7 Å². The highest BCUT2D eigenvalue weighted by atomic mass is 35.5. The van der Waals surface area contributed by atoms with Gasteiger partial charge in [-0.1, -0.05) is 11.6 Å². The highest BCUT2D eigenvalue weighted by Gasteiger charge is 2.26. The van der Waals surface area contributed by atoms with Crippen LogP contribution in [-0.4, -0.2) is 40.4 Å². The quantitative estimate of drug-likeness (QED) is 0.923. The predicted molar refractivity (Wildman–Crippen MR) is 90.6 cm³/mol. The first kappa shape index (κ1) is 16.4. The van der Waals surface area contributed by atoms with E-state index in [-0.39, 0.29) is 5.91 Å². The number of hydrogen-bond donors (Lipinski definition) is 1. The largest absolute Gasteiger partial charge is 0.325 e. The zero-order valence-electron chi connectivity index (χ0n) is 12.9. The number of anilines is 1. The second-order valence-corrected chi connectivity index (χ2v) is 6.11. The van der Waals surface area contributed by atoms with Gasteiger partial charge >= 0.3 is 0 Å². The Bertz CT molecular complexity index is 774. The number of aromatic nitrogens is 2. The topological polar surface area (TPSA) is 81.9 Å². The molecule has 1 N–H and O–H groups in total. The molecule has 0 aliphatic carbocycles. The fourth-order valence-electron chi connectivity index (χ4n) is 2.83. The summed E-state index contributed by atoms with van der Waals surface area (Å²) in [6.07, 6.45) is 6.10. The predicted octanol–water partition coefficient (Wildman–Crippen LogP) is 2.43. The summed E-state index contributed by atoms with van der Waals surface area (Å²) in [7, 11) is 0. The molecule has 122 valence electrons. The molecule has 6 nitrogen and oxygen atoms in total. The summed E-state index contributed by atoms with van der Waals surface area (Å²) in [5.74, 6) is 0.214. The van der Waals surface area contributed by atoms with Gasteiger partial charge in [-0.25, -0.2) is 0 Å². The lowest BCUT2D eigenvalue weighted by atomic mass is 10.1. The summed E-state index contributed by atoms with van der Waals surface area (Å²) in [6.45, 7) is 1.96. The Labute approximate surface area is 145 Å². The van der Waals surface area contributed by atoms with E-state index in [4.69, 9.17) is 16.9 Å². The first-order valence-electron chi connectivity index (χ1n) is 7.63. The number of halogens is 1. The second-order valence-electron chi connectivity index (χ2n) is 5.71. The molecule has 7 heteroatoms. The van der Waals surface area contributed by atoms with Crippen molar-refractivity contribution in [3.63, 3.8) is 0 Å². The van der Waals surface area contributed by atoms with E-state index in [1.54, 1.807) is 36.8 Å². The number of amides is 1. The van der Waals surface area contributed by atoms with Crippen LogP contribution < -0.4 is 5.32 Å². The van der Waals surface area contributed by atoms with Crippen molar-refractivity contribution in [2.24, 2.45) is 0 Å². The molecule has 1 aromatic heterocycles. The van der Waals surface area contributed by atoms with Crippen LogP contribution in [0, 0.1) is 11.3 Å². The van der Waals surface area contributed by atoms with E-state index in [0.29, 0.717) is 28.7 Å². The fourth-order valence-corrected chi connectivity index (χ4v) is 3.05. The first-order valence-corrected chi connectivity index (χ1v) is 8.01. The minimum absolute atomic E-state index is 0.101. The molecule has 24 heavy (non-hydrogen) atoms. The molecule has 1 unspecified atom stereocenters. The first-order chi connectivity index (χ1) is 11.7. The molecule has 2 heterocycles. The number of likely N-dealkylation sites (tertiary alicyclic amines) is 1. The Kier molecular flexibility index (Phi) is 5.04. The van der Waals surface area contributed by atoms with Crippen LogP contribution >= 0.6 is 11.6 Å². The van der Waals surface area contributed by atoms with E-state index in [1.807, 2.05) is 6.07 Å². The van der Waals surface area contributed by atoms with Crippen LogP contribution in [0.4, 0.5) is 5.69 Å². The van der Waals surface area contributed by atoms with Crippen LogP contribution in [0.2, 0.25) is 5.02 Å². The molecule has 1 aliphatic rings. The van der Waals surface area contributed by atoms with E-state index in [1.165, 1.54) is 0 Å². The smallest absolute Gasteiger partial charge is 0.238 e. The molecule has 1 amide bonds. The monoisotopic (exact) mass is 341 g/mol. The van der Waals surface area contributed by atoms with Crippen LogP contribution in [-0.2, 0) is 4.79 Å². The molecule has 1 aromatic carbocycles. The summed E-state index contributed by atoms with van der Waals surface area (Å²) < 4.78 is 0. The number of benzene rings is 1. The Balaban J connectivity index is 1.54. The van der Waals surface area contributed by atoms with Gasteiger partial charge in [-0.2, -0.15) is 5.26 Å². The van der Waals surface area contributed by atoms with Crippen molar-refractivity contribution in [2.45, 2.75) is 12.3 Å². The van der Waals surface area contributed by atoms with Crippen LogP contribution in [0.3, 0.4) is 0 Å². The van der Waals surface area contributed by atoms with Gasteiger partial charge in [-0.15, -0.1) is 0 Å². The zero-order valence-corrected chi connectivity index (χ0v) is 13.7. The summed E-state index contributed by atoms with van der Waals surface area (Å²) in [5.41, 5.74) is 1.95. The maximum atomic E-state index is 12.2. The molecular weight excluding hydrogens is 326 g/mol. The average Bonchev–Trinajstić information content (AvgIpc) is 3.04. The summed E-state index contributed by atoms with van der Waals surface area (Å²) in [5, 5.41) is 12.0. The molecule has 1 atom stereocenters. The van der Waals surface area contributed by atoms with Crippen molar-refractivity contribution in [3.05, 3.63) is 53.1 Å². The minimum atomic E-state index is -0.101. The van der Waals surface area contributed by atoms with Crippen LogP contribution in [0.25, 0.3) is 0 Å². The average molecular weight is 342 g/mol. The molecule has 3 rings (SSSR count). The molecule has 1 saturated heterocycles. The summed E-state index contributed by atoms with van der Waals surface area (Å²) in [4.78, 5) is 22.7. The lowest BCUT2D eigenvalue weighted by molar-refractivity contribution is -0.117. The Morgan fingerprint density at radius 3 is 3.04 bits per heavy atom. The molecule has 0 spiro atoms. The van der Waals surface area contributed by atoms with Crippen molar-refractivity contribution >= 4 is 23.2 Å². The normalized spacial score (nSPS) is 17.4. The van der Waals surface area contributed by atoms with Crippen molar-refractivity contribution in [1.82, 2.24) is 14.9 Å². The number of hydrogen-bond acceptors (Lipinski definition) is 5. The van der Waals surface area contributed by atoms with E-state index in [0.717, 1.165) is 25.2 Å². The van der Waals surface area contributed by atoms with Gasteiger partial charge in [0.1, 0.15) is 6.07 Å². The third kappa shape index (κ3) is 3.88. The number of nitrogens with one attached hydrogen (secondary N) is 1. The number of carbonyl (C=O) groups excluding carboxylic acids is 1. The maximum Gasteiger partial charge on any atom is 0.238 e. The van der Waals surface area contributed by atoms with Crippen LogP contribution in [0.15, 0.2) is 36.8 Å². The van der Waals surface area contributed by atoms with Gasteiger partial charge in [0, 0.05) is 36.7 Å². The van der Waals surface area contributed by atoms with Gasteiger partial charge < -0.3 is 5.32 Å². The minimum Gasteiger partial charge on any atom is -0.325 e. The van der Waals surface area contributed by atoms with Crippen molar-refractivity contribution in [3.8, 4) is 6.07 Å². The highest BCUT2D eigenvalue weighted by Crippen LogP contribution is 2.25. The zero-order chi connectivity index (χ0) is 16.9. The van der Waals surface area contributed by atoms with E-state index < -0.39 is 0 Å². The lowest BCUT2D eigenvalue weighted by Gasteiger charge is -2.15. The van der Waals surface area contributed by atoms with E-state index >= 15 is 0 Å². The molecule has 0 radical (unpaired) electrons. The van der Waals surface area contributed by atoms with Crippen molar-refractivity contribution in [2.75, 3.05) is 25.0 Å². The Hall–Kier alpha value is -2.49. The van der Waals surface area contributed by atoms with Gasteiger partial charge in [-0.05, 0) is 31.2 Å². The van der Waals surface area contributed by atoms with Gasteiger partial charge in [0.05, 0.1) is 22.8 Å². The number of carbonyl (C=O) groups is 1. The van der Waals surface area contributed by atoms with E-state index in [9.17, 15) is 4.79 Å². The van der Waals surface area contributed by atoms with Crippen LogP contribution in [0.1, 0.15) is 23.6 Å². The molecule has 0 bridgehead atoms. The fraction of sp³-hybridized carbons (Fsp3) is 0.294. The van der Waals surface area contributed by atoms with E-state index in [2.05, 4.69) is 20.2 Å². The Morgan fingerprint density at radius 1 is 1.46 bits per heavy atom. The number of nitrogens with zero attached hydrogens (tertiary/aromatic N) is 4. The molecular formula is C17H16ClN5O. The van der Waals surface area contributed by atoms with Gasteiger partial charge in [0.15, 0.2) is 0 Å². The molecule has 1 aliphatic heterocycles. The molecule has 1 fully saturated rings. The number of rotatable bonds is 4. The van der Waals surface area contributed by atoms with Gasteiger partial charge in [0.2, 0.25) is 5.91 Å². The maximum absolute atomic E-state index is 12.2. The number of nitriles is 1. The summed E-state index contributed by atoms with van der Waals surface area (Å²) >= 11 is 5.97. The Morgan fingerprint density at radius 2 is 2.33 bits per heavy atom. The standard InChI is InChI=1S/C17H16ClN5O/c18-15-7-14(2-1-12(15)8-19)22-17(24)11-23-6-3-13(10-23)16-9-20-4-5-21-16/h1-2,4-5,7,9,13H,3,6,10-11H2,(H,22,24). The van der Waals surface area contributed by atoms with Crippen LogP contribution in [0.5, 0.6) is 0 Å². The highest BCUT2D eigenvalue weighted by molar-refractivity contribution is 6.32. The SMILES string of the molecule is N#Cc1ccc(NC(=O)CN2CCC(c3cnccn3)C2)cc1Cl. The van der Waals surface area contributed by atoms with Crippen molar-refractivity contribution < 1.29 is 4.79 Å². The molecule has 0 saturated carbocycles. The third-order valence-corrected chi connectivity index (χ3v) is 4.33. The third-order valence-electron chi connectivity index (χ3n) is 4.01. The molecule has 2 aromatic rings. The van der Waals surface area contributed by atoms with Crippen molar-refractivity contribution in [1.29, 1.82) is 5.26 Å². The summed E-state index contributed by atoms with van der Waals surface area (Å²) in [6, 6.07) is 6.85.